The number of piperidine rings is 1. The number of benzene rings is 1. The van der Waals surface area contributed by atoms with Gasteiger partial charge in [0.05, 0.1) is 16.1 Å². The van der Waals surface area contributed by atoms with Crippen molar-refractivity contribution in [3.8, 4) is 11.8 Å². The third kappa shape index (κ3) is 5.92. The summed E-state index contributed by atoms with van der Waals surface area (Å²) in [5.74, 6) is 0.0120. The molecule has 12 heteroatoms. The minimum atomic E-state index is -0.920. The number of pyridine rings is 2. The minimum absolute atomic E-state index is 0.0213. The zero-order valence-corrected chi connectivity index (χ0v) is 22.8. The monoisotopic (exact) mass is 555 g/mol. The van der Waals surface area contributed by atoms with Crippen molar-refractivity contribution in [3.63, 3.8) is 0 Å². The van der Waals surface area contributed by atoms with Crippen molar-refractivity contribution in [1.82, 2.24) is 14.9 Å². The van der Waals surface area contributed by atoms with Gasteiger partial charge in [0.25, 0.3) is 11.5 Å². The molecule has 2 aromatic heterocycles. The smallest absolute Gasteiger partial charge is 0.293 e. The number of carbonyl (C=O) groups is 1. The first-order valence-corrected chi connectivity index (χ1v) is 13.0. The number of aromatic nitrogens is 2. The average Bonchev–Trinajstić information content (AvgIpc) is 2.92. The molecule has 1 unspecified atom stereocenters. The molecule has 0 saturated carbocycles. The Morgan fingerprint density at radius 2 is 2.00 bits per heavy atom. The first-order chi connectivity index (χ1) is 18.7. The molecule has 3 atom stereocenters. The normalized spacial score (nSPS) is 19.0. The average molecular weight is 556 g/mol. The Balaban J connectivity index is 1.71. The standard InChI is InChI=1S/C27H31ClFN7O3/c1-15-12-35(13-16(2)24(15)29)26-18(11-31)9-20(28)25(34-26)33-19-4-5-21-17(8-19)10-22(39-14-23(37)32-3)27(38)36(21)7-6-30/h4-5,8-10,15-16,24H,6-7,12-14,30H2,1-3H3,(H,32,37)(H,33,34)/t15-,16+,24?. The third-order valence-corrected chi connectivity index (χ3v) is 7.08. The summed E-state index contributed by atoms with van der Waals surface area (Å²) in [7, 11) is 1.48. The molecule has 0 radical (unpaired) electrons. The second kappa shape index (κ2) is 11.9. The number of anilines is 3. The van der Waals surface area contributed by atoms with E-state index < -0.39 is 6.17 Å². The van der Waals surface area contributed by atoms with Crippen LogP contribution in [-0.4, -0.2) is 54.9 Å². The number of nitriles is 1. The van der Waals surface area contributed by atoms with Crippen LogP contribution in [0.4, 0.5) is 21.7 Å². The quantitative estimate of drug-likeness (QED) is 0.385. The highest BCUT2D eigenvalue weighted by Crippen LogP contribution is 2.34. The Labute approximate surface area is 230 Å². The summed E-state index contributed by atoms with van der Waals surface area (Å²) in [6.45, 7) is 4.75. The number of hydrogen-bond donors (Lipinski definition) is 3. The van der Waals surface area contributed by atoms with Crippen LogP contribution >= 0.6 is 11.6 Å². The number of halogens is 2. The molecule has 1 aliphatic heterocycles. The van der Waals surface area contributed by atoms with Crippen LogP contribution in [0, 0.1) is 23.2 Å². The molecule has 39 heavy (non-hydrogen) atoms. The predicted octanol–water partition coefficient (Wildman–Crippen LogP) is 3.18. The van der Waals surface area contributed by atoms with Crippen molar-refractivity contribution in [2.45, 2.75) is 26.6 Å². The number of carbonyl (C=O) groups excluding carboxylic acids is 1. The molecule has 0 spiro atoms. The second-order valence-corrected chi connectivity index (χ2v) is 10.1. The summed E-state index contributed by atoms with van der Waals surface area (Å²) >= 11 is 6.49. The summed E-state index contributed by atoms with van der Waals surface area (Å²) in [6.07, 6.45) is -0.920. The topological polar surface area (TPSA) is 138 Å². The fraction of sp³-hybridized carbons (Fsp3) is 0.407. The van der Waals surface area contributed by atoms with Crippen LogP contribution in [-0.2, 0) is 11.3 Å². The molecule has 4 rings (SSSR count). The maximum Gasteiger partial charge on any atom is 0.293 e. The largest absolute Gasteiger partial charge is 0.478 e. The number of amides is 1. The molecule has 1 saturated heterocycles. The number of alkyl halides is 1. The zero-order chi connectivity index (χ0) is 28.3. The molecule has 3 aromatic rings. The van der Waals surface area contributed by atoms with E-state index in [0.29, 0.717) is 46.9 Å². The van der Waals surface area contributed by atoms with E-state index in [1.807, 2.05) is 18.7 Å². The van der Waals surface area contributed by atoms with E-state index in [0.717, 1.165) is 0 Å². The number of hydrogen-bond acceptors (Lipinski definition) is 8. The van der Waals surface area contributed by atoms with E-state index in [1.54, 1.807) is 30.3 Å². The van der Waals surface area contributed by atoms with Gasteiger partial charge in [0.15, 0.2) is 18.2 Å². The summed E-state index contributed by atoms with van der Waals surface area (Å²) < 4.78 is 21.4. The second-order valence-electron chi connectivity index (χ2n) is 9.72. The van der Waals surface area contributed by atoms with E-state index in [9.17, 15) is 19.2 Å². The van der Waals surface area contributed by atoms with Gasteiger partial charge in [-0.05, 0) is 30.3 Å². The van der Waals surface area contributed by atoms with Gasteiger partial charge in [-0.3, -0.25) is 9.59 Å². The van der Waals surface area contributed by atoms with Crippen molar-refractivity contribution >= 4 is 45.7 Å². The van der Waals surface area contributed by atoms with Crippen LogP contribution in [0.2, 0.25) is 5.02 Å². The van der Waals surface area contributed by atoms with Gasteiger partial charge < -0.3 is 30.6 Å². The van der Waals surface area contributed by atoms with E-state index in [4.69, 9.17) is 22.1 Å². The molecule has 1 aromatic carbocycles. The molecule has 10 nitrogen and oxygen atoms in total. The molecule has 4 N–H and O–H groups in total. The lowest BCUT2D eigenvalue weighted by Crippen LogP contribution is -2.46. The Bertz CT molecular complexity index is 1480. The van der Waals surface area contributed by atoms with Crippen molar-refractivity contribution in [3.05, 3.63) is 51.3 Å². The summed E-state index contributed by atoms with van der Waals surface area (Å²) in [4.78, 5) is 31.2. The number of fused-ring (bicyclic) bond motifs is 1. The number of nitrogens with zero attached hydrogens (tertiary/aromatic N) is 4. The van der Waals surface area contributed by atoms with Crippen molar-refractivity contribution in [2.75, 3.05) is 43.5 Å². The number of nitrogens with two attached hydrogens (primary N) is 1. The van der Waals surface area contributed by atoms with E-state index in [1.165, 1.54) is 11.6 Å². The Hall–Kier alpha value is -3.88. The maximum absolute atomic E-state index is 14.4. The van der Waals surface area contributed by atoms with Crippen LogP contribution in [0.15, 0.2) is 35.1 Å². The molecule has 3 heterocycles. The summed E-state index contributed by atoms with van der Waals surface area (Å²) in [6, 6.07) is 10.6. The highest BCUT2D eigenvalue weighted by Gasteiger charge is 2.33. The fourth-order valence-electron chi connectivity index (χ4n) is 4.84. The van der Waals surface area contributed by atoms with Gasteiger partial charge in [0.2, 0.25) is 0 Å². The van der Waals surface area contributed by atoms with Crippen LogP contribution in [0.5, 0.6) is 5.75 Å². The van der Waals surface area contributed by atoms with E-state index in [2.05, 4.69) is 21.7 Å². The lowest BCUT2D eigenvalue weighted by atomic mass is 9.89. The van der Waals surface area contributed by atoms with Crippen molar-refractivity contribution in [1.29, 1.82) is 5.26 Å². The summed E-state index contributed by atoms with van der Waals surface area (Å²) in [5.41, 5.74) is 6.92. The van der Waals surface area contributed by atoms with Crippen LogP contribution < -0.4 is 31.6 Å². The van der Waals surface area contributed by atoms with Gasteiger partial charge in [-0.25, -0.2) is 9.37 Å². The third-order valence-electron chi connectivity index (χ3n) is 6.79. The van der Waals surface area contributed by atoms with Crippen molar-refractivity contribution in [2.24, 2.45) is 17.6 Å². The van der Waals surface area contributed by atoms with Gasteiger partial charge in [0.1, 0.15) is 18.1 Å². The molecule has 1 fully saturated rings. The highest BCUT2D eigenvalue weighted by atomic mass is 35.5. The molecule has 1 aliphatic rings. The Morgan fingerprint density at radius 3 is 2.64 bits per heavy atom. The first kappa shape index (κ1) is 28.1. The van der Waals surface area contributed by atoms with Gasteiger partial charge in [-0.1, -0.05) is 25.4 Å². The fourth-order valence-corrected chi connectivity index (χ4v) is 5.04. The first-order valence-electron chi connectivity index (χ1n) is 12.6. The molecule has 206 valence electrons. The number of rotatable bonds is 8. The van der Waals surface area contributed by atoms with Crippen LogP contribution in [0.25, 0.3) is 10.9 Å². The lowest BCUT2D eigenvalue weighted by Gasteiger charge is -2.38. The number of ether oxygens (including phenoxy) is 1. The predicted molar refractivity (Wildman–Crippen MR) is 150 cm³/mol. The molecular formula is C27H31ClFN7O3. The van der Waals surface area contributed by atoms with Crippen molar-refractivity contribution < 1.29 is 13.9 Å². The lowest BCUT2D eigenvalue weighted by molar-refractivity contribution is -0.122. The Kier molecular flexibility index (Phi) is 8.57. The van der Waals surface area contributed by atoms with E-state index in [-0.39, 0.29) is 53.8 Å². The van der Waals surface area contributed by atoms with Crippen LogP contribution in [0.3, 0.4) is 0 Å². The number of nitrogens with one attached hydrogen (secondary N) is 2. The van der Waals surface area contributed by atoms with Crippen LogP contribution in [0.1, 0.15) is 19.4 Å². The molecule has 0 aliphatic carbocycles. The summed E-state index contributed by atoms with van der Waals surface area (Å²) in [5, 5.41) is 16.3. The molecule has 0 bridgehead atoms. The zero-order valence-electron chi connectivity index (χ0n) is 22.0. The Morgan fingerprint density at radius 1 is 1.28 bits per heavy atom. The SMILES string of the molecule is CNC(=O)COc1cc2cc(Nc3nc(N4C[C@@H](C)C(F)[C@@H](C)C4)c(C#N)cc3Cl)ccc2n(CCN)c1=O. The molecule has 1 amide bonds. The molecular weight excluding hydrogens is 525 g/mol. The van der Waals surface area contributed by atoms with E-state index >= 15 is 0 Å². The van der Waals surface area contributed by atoms with Gasteiger partial charge in [-0.15, -0.1) is 0 Å². The van der Waals surface area contributed by atoms with Gasteiger partial charge in [-0.2, -0.15) is 5.26 Å². The van der Waals surface area contributed by atoms with Gasteiger partial charge in [0, 0.05) is 56.1 Å². The highest BCUT2D eigenvalue weighted by molar-refractivity contribution is 6.33. The minimum Gasteiger partial charge on any atom is -0.478 e. The number of likely N-dealkylation sites (N-methyl/N-ethyl adjacent to an activating group) is 1. The van der Waals surface area contributed by atoms with Gasteiger partial charge >= 0.3 is 0 Å². The maximum atomic E-state index is 14.4.